The molecule has 0 amide bonds. The van der Waals surface area contributed by atoms with Gasteiger partial charge in [-0.15, -0.1) is 11.8 Å². The lowest BCUT2D eigenvalue weighted by atomic mass is 10.4. The molecule has 0 spiro atoms. The number of aliphatic imine (C=N–C) groups is 1. The summed E-state index contributed by atoms with van der Waals surface area (Å²) >= 11 is 1.73. The Morgan fingerprint density at radius 2 is 2.00 bits per heavy atom. The normalized spacial score (nSPS) is 14.8. The summed E-state index contributed by atoms with van der Waals surface area (Å²) in [4.78, 5) is 5.29. The number of nitrogens with zero attached hydrogens (tertiary/aromatic N) is 1. The summed E-state index contributed by atoms with van der Waals surface area (Å²) in [5.41, 5.74) is 0. The van der Waals surface area contributed by atoms with Crippen LogP contribution in [0.3, 0.4) is 0 Å². The molecule has 1 fully saturated rings. The van der Waals surface area contributed by atoms with Crippen molar-refractivity contribution in [3.63, 3.8) is 0 Å². The monoisotopic (exact) mass is 339 g/mol. The van der Waals surface area contributed by atoms with Crippen LogP contribution in [0.4, 0.5) is 4.39 Å². The molecule has 2 rings (SSSR count). The van der Waals surface area contributed by atoms with E-state index in [1.54, 1.807) is 18.8 Å². The predicted molar refractivity (Wildman–Crippen MR) is 94.6 cm³/mol. The smallest absolute Gasteiger partial charge is 0.191 e. The SMILES string of the molecule is CN=C(NCCCSc1ccc(F)cc1)NCCOCC1CC1. The third kappa shape index (κ3) is 8.23. The Labute approximate surface area is 142 Å². The molecule has 4 nitrogen and oxygen atoms in total. The Kier molecular flexibility index (Phi) is 8.25. The average Bonchev–Trinajstić information content (AvgIpc) is 3.38. The van der Waals surface area contributed by atoms with E-state index in [4.69, 9.17) is 4.74 Å². The number of thioether (sulfide) groups is 1. The highest BCUT2D eigenvalue weighted by Gasteiger charge is 2.20. The summed E-state index contributed by atoms with van der Waals surface area (Å²) in [6.07, 6.45) is 3.67. The largest absolute Gasteiger partial charge is 0.379 e. The fourth-order valence-electron chi connectivity index (χ4n) is 2.00. The number of hydrogen-bond acceptors (Lipinski definition) is 3. The summed E-state index contributed by atoms with van der Waals surface area (Å²) in [7, 11) is 1.77. The molecular weight excluding hydrogens is 313 g/mol. The van der Waals surface area contributed by atoms with Gasteiger partial charge in [-0.2, -0.15) is 0 Å². The van der Waals surface area contributed by atoms with Crippen molar-refractivity contribution in [3.05, 3.63) is 30.1 Å². The summed E-state index contributed by atoms with van der Waals surface area (Å²) in [5, 5.41) is 6.53. The molecular formula is C17H26FN3OS. The second-order valence-electron chi connectivity index (χ2n) is 5.60. The lowest BCUT2D eigenvalue weighted by Gasteiger charge is -2.12. The van der Waals surface area contributed by atoms with Crippen LogP contribution in [0, 0.1) is 11.7 Å². The molecule has 23 heavy (non-hydrogen) atoms. The third-order valence-electron chi connectivity index (χ3n) is 3.51. The molecule has 0 saturated heterocycles. The molecule has 1 aromatic rings. The van der Waals surface area contributed by atoms with Gasteiger partial charge in [0.25, 0.3) is 0 Å². The minimum Gasteiger partial charge on any atom is -0.379 e. The Hall–Kier alpha value is -1.27. The minimum absolute atomic E-state index is 0.188. The second kappa shape index (κ2) is 10.5. The molecule has 2 N–H and O–H groups in total. The highest BCUT2D eigenvalue weighted by molar-refractivity contribution is 7.99. The quantitative estimate of drug-likeness (QED) is 0.298. The molecule has 6 heteroatoms. The van der Waals surface area contributed by atoms with Crippen LogP contribution in [-0.4, -0.2) is 45.1 Å². The van der Waals surface area contributed by atoms with E-state index < -0.39 is 0 Å². The van der Waals surface area contributed by atoms with Crippen molar-refractivity contribution in [2.24, 2.45) is 10.9 Å². The summed E-state index contributed by atoms with van der Waals surface area (Å²) in [6, 6.07) is 6.63. The third-order valence-corrected chi connectivity index (χ3v) is 4.61. The maximum absolute atomic E-state index is 12.8. The Morgan fingerprint density at radius 1 is 1.26 bits per heavy atom. The lowest BCUT2D eigenvalue weighted by Crippen LogP contribution is -2.39. The van der Waals surface area contributed by atoms with Crippen LogP contribution in [0.25, 0.3) is 0 Å². The standard InChI is InChI=1S/C17H26FN3OS/c1-19-17(21-10-11-22-13-14-3-4-14)20-9-2-12-23-16-7-5-15(18)6-8-16/h5-8,14H,2-4,9-13H2,1H3,(H2,19,20,21). The fourth-order valence-corrected chi connectivity index (χ4v) is 2.85. The highest BCUT2D eigenvalue weighted by atomic mass is 32.2. The van der Waals surface area contributed by atoms with E-state index in [1.807, 2.05) is 12.1 Å². The molecule has 1 aliphatic carbocycles. The van der Waals surface area contributed by atoms with E-state index in [0.29, 0.717) is 0 Å². The molecule has 0 unspecified atom stereocenters. The minimum atomic E-state index is -0.188. The van der Waals surface area contributed by atoms with E-state index in [0.717, 1.165) is 55.2 Å². The number of benzene rings is 1. The van der Waals surface area contributed by atoms with Gasteiger partial charge in [0.05, 0.1) is 6.61 Å². The lowest BCUT2D eigenvalue weighted by molar-refractivity contribution is 0.129. The van der Waals surface area contributed by atoms with Crippen LogP contribution < -0.4 is 10.6 Å². The maximum atomic E-state index is 12.8. The molecule has 0 radical (unpaired) electrons. The summed E-state index contributed by atoms with van der Waals surface area (Å²) in [5.74, 6) is 2.42. The van der Waals surface area contributed by atoms with Crippen LogP contribution in [0.15, 0.2) is 34.2 Å². The molecule has 0 aromatic heterocycles. The van der Waals surface area contributed by atoms with Crippen molar-refractivity contribution in [2.75, 3.05) is 39.1 Å². The topological polar surface area (TPSA) is 45.7 Å². The van der Waals surface area contributed by atoms with Gasteiger partial charge in [-0.1, -0.05) is 0 Å². The van der Waals surface area contributed by atoms with Crippen molar-refractivity contribution >= 4 is 17.7 Å². The zero-order valence-corrected chi connectivity index (χ0v) is 14.5. The fraction of sp³-hybridized carbons (Fsp3) is 0.588. The predicted octanol–water partition coefficient (Wildman–Crippen LogP) is 2.90. The zero-order chi connectivity index (χ0) is 16.3. The molecule has 0 aliphatic heterocycles. The van der Waals surface area contributed by atoms with Crippen molar-refractivity contribution in [2.45, 2.75) is 24.2 Å². The van der Waals surface area contributed by atoms with Crippen LogP contribution >= 0.6 is 11.8 Å². The van der Waals surface area contributed by atoms with Crippen LogP contribution in [0.1, 0.15) is 19.3 Å². The first-order valence-electron chi connectivity index (χ1n) is 8.18. The molecule has 1 saturated carbocycles. The number of rotatable bonds is 10. The Bertz CT molecular complexity index is 477. The van der Waals surface area contributed by atoms with E-state index in [9.17, 15) is 4.39 Å². The first-order valence-corrected chi connectivity index (χ1v) is 9.17. The van der Waals surface area contributed by atoms with Crippen LogP contribution in [0.5, 0.6) is 0 Å². The van der Waals surface area contributed by atoms with Crippen LogP contribution in [-0.2, 0) is 4.74 Å². The van der Waals surface area contributed by atoms with Crippen molar-refractivity contribution in [1.82, 2.24) is 10.6 Å². The average molecular weight is 339 g/mol. The number of guanidine groups is 1. The van der Waals surface area contributed by atoms with Gasteiger partial charge < -0.3 is 15.4 Å². The van der Waals surface area contributed by atoms with Gasteiger partial charge in [0.2, 0.25) is 0 Å². The summed E-state index contributed by atoms with van der Waals surface area (Å²) in [6.45, 7) is 3.25. The van der Waals surface area contributed by atoms with E-state index >= 15 is 0 Å². The molecule has 0 heterocycles. The maximum Gasteiger partial charge on any atom is 0.191 e. The van der Waals surface area contributed by atoms with Gasteiger partial charge in [-0.05, 0) is 55.2 Å². The molecule has 1 aliphatic rings. The Balaban J connectivity index is 1.47. The molecule has 128 valence electrons. The summed E-state index contributed by atoms with van der Waals surface area (Å²) < 4.78 is 18.4. The van der Waals surface area contributed by atoms with Crippen molar-refractivity contribution in [1.29, 1.82) is 0 Å². The number of hydrogen-bond donors (Lipinski definition) is 2. The van der Waals surface area contributed by atoms with Gasteiger partial charge >= 0.3 is 0 Å². The van der Waals surface area contributed by atoms with Gasteiger partial charge in [0.1, 0.15) is 5.82 Å². The first-order chi connectivity index (χ1) is 11.3. The van der Waals surface area contributed by atoms with Crippen molar-refractivity contribution < 1.29 is 9.13 Å². The number of halogens is 1. The second-order valence-corrected chi connectivity index (χ2v) is 6.77. The first kappa shape index (κ1) is 18.1. The number of nitrogens with one attached hydrogen (secondary N) is 2. The number of ether oxygens (including phenoxy) is 1. The van der Waals surface area contributed by atoms with Crippen molar-refractivity contribution in [3.8, 4) is 0 Å². The highest BCUT2D eigenvalue weighted by Crippen LogP contribution is 2.28. The van der Waals surface area contributed by atoms with E-state index in [1.165, 1.54) is 25.0 Å². The van der Waals surface area contributed by atoms with Gasteiger partial charge in [0, 0.05) is 31.6 Å². The van der Waals surface area contributed by atoms with Gasteiger partial charge in [0.15, 0.2) is 5.96 Å². The van der Waals surface area contributed by atoms with Gasteiger partial charge in [-0.25, -0.2) is 4.39 Å². The zero-order valence-electron chi connectivity index (χ0n) is 13.7. The Morgan fingerprint density at radius 3 is 2.70 bits per heavy atom. The van der Waals surface area contributed by atoms with E-state index in [-0.39, 0.29) is 5.82 Å². The molecule has 1 aromatic carbocycles. The van der Waals surface area contributed by atoms with Gasteiger partial charge in [-0.3, -0.25) is 4.99 Å². The molecule has 0 bridgehead atoms. The van der Waals surface area contributed by atoms with E-state index in [2.05, 4.69) is 15.6 Å². The van der Waals surface area contributed by atoms with Crippen LogP contribution in [0.2, 0.25) is 0 Å². The molecule has 0 atom stereocenters.